The monoisotopic (exact) mass is 312 g/mol. The number of hydrogen-bond donors (Lipinski definition) is 1. The third kappa shape index (κ3) is 2.69. The molecule has 2 fully saturated rings. The van der Waals surface area contributed by atoms with Gasteiger partial charge in [0.05, 0.1) is 12.5 Å². The first-order chi connectivity index (χ1) is 9.92. The molecule has 2 heterocycles. The summed E-state index contributed by atoms with van der Waals surface area (Å²) in [4.78, 5) is 17.7. The van der Waals surface area contributed by atoms with E-state index < -0.39 is 10.0 Å². The summed E-state index contributed by atoms with van der Waals surface area (Å²) in [6, 6.07) is -0.0521. The zero-order valence-electron chi connectivity index (χ0n) is 12.2. The molecule has 1 saturated heterocycles. The van der Waals surface area contributed by atoms with Gasteiger partial charge in [-0.3, -0.25) is 4.79 Å². The van der Waals surface area contributed by atoms with Gasteiger partial charge >= 0.3 is 0 Å². The first-order valence-electron chi connectivity index (χ1n) is 7.24. The van der Waals surface area contributed by atoms with E-state index in [9.17, 15) is 13.2 Å². The van der Waals surface area contributed by atoms with Gasteiger partial charge in [-0.2, -0.15) is 0 Å². The van der Waals surface area contributed by atoms with Crippen molar-refractivity contribution < 1.29 is 13.2 Å². The van der Waals surface area contributed by atoms with Crippen molar-refractivity contribution in [3.05, 3.63) is 12.5 Å². The van der Waals surface area contributed by atoms with E-state index in [0.717, 1.165) is 6.42 Å². The minimum absolute atomic E-state index is 0.0426. The van der Waals surface area contributed by atoms with Gasteiger partial charge in [-0.05, 0) is 19.3 Å². The van der Waals surface area contributed by atoms with E-state index in [0.29, 0.717) is 25.0 Å². The van der Waals surface area contributed by atoms with Crippen LogP contribution in [0.3, 0.4) is 0 Å². The Hall–Kier alpha value is -1.41. The molecule has 21 heavy (non-hydrogen) atoms. The fourth-order valence-corrected chi connectivity index (χ4v) is 4.32. The number of nitrogens with zero attached hydrogens (tertiary/aromatic N) is 3. The highest BCUT2D eigenvalue weighted by atomic mass is 32.2. The molecule has 0 radical (unpaired) electrons. The minimum atomic E-state index is -3.64. The molecular weight excluding hydrogens is 292 g/mol. The number of carbonyl (C=O) groups excluding carboxylic acids is 1. The van der Waals surface area contributed by atoms with E-state index in [1.807, 2.05) is 11.8 Å². The number of hydrogen-bond acceptors (Lipinski definition) is 4. The number of aryl methyl sites for hydroxylation is 1. The summed E-state index contributed by atoms with van der Waals surface area (Å²) < 4.78 is 29.0. The van der Waals surface area contributed by atoms with Gasteiger partial charge < -0.3 is 9.47 Å². The fourth-order valence-electron chi connectivity index (χ4n) is 2.92. The SMILES string of the molecule is CCn1cncc1S(=O)(=O)NC1CC(=O)N(C2CC2C)C1. The molecule has 116 valence electrons. The van der Waals surface area contributed by atoms with Gasteiger partial charge in [-0.25, -0.2) is 18.1 Å². The van der Waals surface area contributed by atoms with E-state index in [2.05, 4.69) is 16.6 Å². The molecule has 2 aliphatic rings. The molecule has 7 nitrogen and oxygen atoms in total. The summed E-state index contributed by atoms with van der Waals surface area (Å²) in [5, 5.41) is 0.149. The van der Waals surface area contributed by atoms with Gasteiger partial charge in [0.1, 0.15) is 0 Å². The lowest BCUT2D eigenvalue weighted by atomic mass is 10.3. The number of carbonyl (C=O) groups is 1. The number of rotatable bonds is 5. The Morgan fingerprint density at radius 3 is 2.81 bits per heavy atom. The predicted molar refractivity (Wildman–Crippen MR) is 75.9 cm³/mol. The highest BCUT2D eigenvalue weighted by Crippen LogP contribution is 2.37. The molecule has 1 aliphatic heterocycles. The number of aromatic nitrogens is 2. The van der Waals surface area contributed by atoms with Crippen LogP contribution in [0.25, 0.3) is 0 Å². The molecule has 1 aromatic heterocycles. The Balaban J connectivity index is 1.71. The van der Waals surface area contributed by atoms with Crippen molar-refractivity contribution in [3.8, 4) is 0 Å². The topological polar surface area (TPSA) is 84.3 Å². The van der Waals surface area contributed by atoms with Crippen LogP contribution in [0.2, 0.25) is 0 Å². The molecule has 0 aromatic carbocycles. The van der Waals surface area contributed by atoms with Gasteiger partial charge in [0, 0.05) is 31.6 Å². The fraction of sp³-hybridized carbons (Fsp3) is 0.692. The second-order valence-corrected chi connectivity index (χ2v) is 7.53. The summed E-state index contributed by atoms with van der Waals surface area (Å²) >= 11 is 0. The predicted octanol–water partition coefficient (Wildman–Crippen LogP) is 0.191. The molecule has 3 rings (SSSR count). The van der Waals surface area contributed by atoms with Crippen molar-refractivity contribution in [2.45, 2.75) is 50.3 Å². The van der Waals surface area contributed by atoms with Gasteiger partial charge in [-0.15, -0.1) is 0 Å². The molecule has 1 aliphatic carbocycles. The minimum Gasteiger partial charge on any atom is -0.338 e. The van der Waals surface area contributed by atoms with Gasteiger partial charge in [-0.1, -0.05) is 6.92 Å². The summed E-state index contributed by atoms with van der Waals surface area (Å²) in [6.07, 6.45) is 4.09. The molecule has 0 bridgehead atoms. The average Bonchev–Trinajstić information content (AvgIpc) is 2.85. The number of likely N-dealkylation sites (tertiary alicyclic amines) is 1. The van der Waals surface area contributed by atoms with Crippen LogP contribution < -0.4 is 4.72 Å². The van der Waals surface area contributed by atoms with E-state index in [4.69, 9.17) is 0 Å². The average molecular weight is 312 g/mol. The third-order valence-corrected chi connectivity index (χ3v) is 5.77. The molecule has 1 aromatic rings. The lowest BCUT2D eigenvalue weighted by molar-refractivity contribution is -0.128. The van der Waals surface area contributed by atoms with Crippen molar-refractivity contribution in [1.82, 2.24) is 19.2 Å². The highest BCUT2D eigenvalue weighted by molar-refractivity contribution is 7.89. The molecular formula is C13H20N4O3S. The zero-order valence-corrected chi connectivity index (χ0v) is 13.0. The Morgan fingerprint density at radius 2 is 2.19 bits per heavy atom. The Labute approximate surface area is 124 Å². The largest absolute Gasteiger partial charge is 0.338 e. The summed E-state index contributed by atoms with van der Waals surface area (Å²) in [7, 11) is -3.64. The standard InChI is InChI=1S/C13H20N4O3S/c1-3-16-8-14-6-13(16)21(19,20)15-10-5-12(18)17(7-10)11-4-9(11)2/h6,8-11,15H,3-5,7H2,1-2H3. The van der Waals surface area contributed by atoms with Gasteiger partial charge in [0.2, 0.25) is 5.91 Å². The maximum absolute atomic E-state index is 12.4. The Bertz CT molecular complexity index is 654. The van der Waals surface area contributed by atoms with E-state index >= 15 is 0 Å². The molecule has 1 amide bonds. The molecule has 3 atom stereocenters. The Kier molecular flexibility index (Phi) is 3.53. The summed E-state index contributed by atoms with van der Waals surface area (Å²) in [6.45, 7) is 4.96. The van der Waals surface area contributed by atoms with Crippen LogP contribution in [-0.2, 0) is 21.4 Å². The first-order valence-corrected chi connectivity index (χ1v) is 8.72. The molecule has 3 unspecified atom stereocenters. The normalized spacial score (nSPS) is 29.1. The maximum atomic E-state index is 12.4. The summed E-state index contributed by atoms with van der Waals surface area (Å²) in [5.41, 5.74) is 0. The van der Waals surface area contributed by atoms with Crippen molar-refractivity contribution in [3.63, 3.8) is 0 Å². The van der Waals surface area contributed by atoms with Crippen LogP contribution in [0.1, 0.15) is 26.7 Å². The van der Waals surface area contributed by atoms with Crippen LogP contribution >= 0.6 is 0 Å². The quantitative estimate of drug-likeness (QED) is 0.841. The lowest BCUT2D eigenvalue weighted by Crippen LogP contribution is -2.38. The molecule has 1 N–H and O–H groups in total. The number of imidazole rings is 1. The zero-order chi connectivity index (χ0) is 15.2. The lowest BCUT2D eigenvalue weighted by Gasteiger charge is -2.17. The van der Waals surface area contributed by atoms with Crippen molar-refractivity contribution in [1.29, 1.82) is 0 Å². The molecule has 1 saturated carbocycles. The second kappa shape index (κ2) is 5.10. The number of amides is 1. The van der Waals surface area contributed by atoms with Gasteiger partial charge in [0.25, 0.3) is 10.0 Å². The number of nitrogens with one attached hydrogen (secondary N) is 1. The first kappa shape index (κ1) is 14.5. The van der Waals surface area contributed by atoms with Crippen LogP contribution in [-0.4, -0.2) is 47.4 Å². The second-order valence-electron chi connectivity index (χ2n) is 5.87. The van der Waals surface area contributed by atoms with E-state index in [1.54, 1.807) is 4.57 Å². The highest BCUT2D eigenvalue weighted by Gasteiger charge is 2.45. The van der Waals surface area contributed by atoms with Crippen molar-refractivity contribution >= 4 is 15.9 Å². The summed E-state index contributed by atoms with van der Waals surface area (Å²) in [5.74, 6) is 0.576. The number of sulfonamides is 1. The van der Waals surface area contributed by atoms with Crippen LogP contribution in [0.15, 0.2) is 17.6 Å². The van der Waals surface area contributed by atoms with Crippen LogP contribution in [0, 0.1) is 5.92 Å². The third-order valence-electron chi connectivity index (χ3n) is 4.24. The van der Waals surface area contributed by atoms with Crippen LogP contribution in [0.5, 0.6) is 0 Å². The van der Waals surface area contributed by atoms with Crippen molar-refractivity contribution in [2.24, 2.45) is 5.92 Å². The van der Waals surface area contributed by atoms with E-state index in [-0.39, 0.29) is 23.4 Å². The molecule has 8 heteroatoms. The Morgan fingerprint density at radius 1 is 1.48 bits per heavy atom. The van der Waals surface area contributed by atoms with E-state index in [1.165, 1.54) is 12.5 Å². The smallest absolute Gasteiger partial charge is 0.258 e. The molecule has 0 spiro atoms. The van der Waals surface area contributed by atoms with Crippen molar-refractivity contribution in [2.75, 3.05) is 6.54 Å². The van der Waals surface area contributed by atoms with Crippen LogP contribution in [0.4, 0.5) is 0 Å². The maximum Gasteiger partial charge on any atom is 0.258 e. The van der Waals surface area contributed by atoms with Gasteiger partial charge in [0.15, 0.2) is 5.03 Å².